The Balaban J connectivity index is 2.19. The zero-order valence-corrected chi connectivity index (χ0v) is 11.5. The molecule has 1 atom stereocenters. The van der Waals surface area contributed by atoms with Crippen LogP contribution >= 0.6 is 0 Å². The highest BCUT2D eigenvalue weighted by molar-refractivity contribution is 5.97. The molecule has 0 bridgehead atoms. The second kappa shape index (κ2) is 5.60. The second-order valence-corrected chi connectivity index (χ2v) is 4.35. The molecule has 2 aromatic rings. The van der Waals surface area contributed by atoms with Crippen molar-refractivity contribution in [3.05, 3.63) is 35.9 Å². The lowest BCUT2D eigenvalue weighted by molar-refractivity contribution is 0.0934. The maximum absolute atomic E-state index is 12.2. The zero-order chi connectivity index (χ0) is 14.7. The summed E-state index contributed by atoms with van der Waals surface area (Å²) in [6.07, 6.45) is 1.56. The highest BCUT2D eigenvalue weighted by Gasteiger charge is 2.19. The van der Waals surface area contributed by atoms with E-state index in [1.807, 2.05) is 0 Å². The van der Waals surface area contributed by atoms with Gasteiger partial charge in [0, 0.05) is 7.05 Å². The molecule has 1 amide bonds. The average molecular weight is 276 g/mol. The van der Waals surface area contributed by atoms with Gasteiger partial charge in [0.05, 0.1) is 18.7 Å². The van der Waals surface area contributed by atoms with Gasteiger partial charge in [-0.25, -0.2) is 0 Å². The van der Waals surface area contributed by atoms with Gasteiger partial charge in [0.1, 0.15) is 6.33 Å². The van der Waals surface area contributed by atoms with E-state index >= 15 is 0 Å². The number of ether oxygens (including phenoxy) is 1. The molecule has 7 heteroatoms. The topological polar surface area (TPSA) is 89.3 Å². The van der Waals surface area contributed by atoms with Crippen LogP contribution in [0.5, 0.6) is 11.5 Å². The van der Waals surface area contributed by atoms with Crippen LogP contribution in [0.4, 0.5) is 0 Å². The SMILES string of the molecule is COc1cccc(C(=O)NC(C)c2nncn2C)c1O. The Morgan fingerprint density at radius 1 is 1.50 bits per heavy atom. The van der Waals surface area contributed by atoms with Crippen molar-refractivity contribution in [2.75, 3.05) is 7.11 Å². The van der Waals surface area contributed by atoms with E-state index in [0.29, 0.717) is 5.82 Å². The first-order chi connectivity index (χ1) is 9.54. The van der Waals surface area contributed by atoms with Crippen molar-refractivity contribution in [2.45, 2.75) is 13.0 Å². The molecule has 0 saturated carbocycles. The molecule has 0 saturated heterocycles. The lowest BCUT2D eigenvalue weighted by Gasteiger charge is -2.14. The van der Waals surface area contributed by atoms with E-state index < -0.39 is 5.91 Å². The van der Waals surface area contributed by atoms with Gasteiger partial charge in [0.25, 0.3) is 5.91 Å². The number of para-hydroxylation sites is 1. The van der Waals surface area contributed by atoms with Gasteiger partial charge in [-0.2, -0.15) is 0 Å². The Kier molecular flexibility index (Phi) is 3.88. The first kappa shape index (κ1) is 13.9. The number of rotatable bonds is 4. The quantitative estimate of drug-likeness (QED) is 0.870. The molecule has 0 aliphatic carbocycles. The standard InChI is InChI=1S/C13H16N4O3/c1-8(12-16-14-7-17(12)2)15-13(19)9-5-4-6-10(20-3)11(9)18/h4-8,18H,1-3H3,(H,15,19). The van der Waals surface area contributed by atoms with E-state index in [0.717, 1.165) is 0 Å². The Morgan fingerprint density at radius 2 is 2.25 bits per heavy atom. The molecule has 2 rings (SSSR count). The van der Waals surface area contributed by atoms with Crippen molar-refractivity contribution in [3.8, 4) is 11.5 Å². The fourth-order valence-electron chi connectivity index (χ4n) is 1.89. The van der Waals surface area contributed by atoms with Crippen LogP contribution in [0.3, 0.4) is 0 Å². The summed E-state index contributed by atoms with van der Waals surface area (Å²) in [5, 5.41) is 20.4. The number of methoxy groups -OCH3 is 1. The Morgan fingerprint density at radius 3 is 2.85 bits per heavy atom. The molecular weight excluding hydrogens is 260 g/mol. The fraction of sp³-hybridized carbons (Fsp3) is 0.308. The Labute approximate surface area is 116 Å². The van der Waals surface area contributed by atoms with Gasteiger partial charge in [-0.05, 0) is 19.1 Å². The summed E-state index contributed by atoms with van der Waals surface area (Å²) < 4.78 is 6.69. The van der Waals surface area contributed by atoms with Gasteiger partial charge >= 0.3 is 0 Å². The Hall–Kier alpha value is -2.57. The average Bonchev–Trinajstić information content (AvgIpc) is 2.85. The van der Waals surface area contributed by atoms with Crippen LogP contribution in [0.2, 0.25) is 0 Å². The summed E-state index contributed by atoms with van der Waals surface area (Å²) in [6.45, 7) is 1.79. The van der Waals surface area contributed by atoms with Crippen molar-refractivity contribution < 1.29 is 14.6 Å². The monoisotopic (exact) mass is 276 g/mol. The van der Waals surface area contributed by atoms with E-state index in [1.165, 1.54) is 13.2 Å². The minimum absolute atomic E-state index is 0.151. The number of benzene rings is 1. The molecule has 20 heavy (non-hydrogen) atoms. The fourth-order valence-corrected chi connectivity index (χ4v) is 1.89. The summed E-state index contributed by atoms with van der Waals surface area (Å²) in [5.74, 6) is 0.291. The minimum atomic E-state index is -0.406. The Bertz CT molecular complexity index is 624. The first-order valence-corrected chi connectivity index (χ1v) is 6.05. The molecule has 0 aliphatic heterocycles. The maximum Gasteiger partial charge on any atom is 0.255 e. The van der Waals surface area contributed by atoms with Crippen LogP contribution in [-0.4, -0.2) is 32.9 Å². The number of aromatic nitrogens is 3. The first-order valence-electron chi connectivity index (χ1n) is 6.05. The normalized spacial score (nSPS) is 11.9. The predicted molar refractivity (Wildman–Crippen MR) is 71.5 cm³/mol. The van der Waals surface area contributed by atoms with Crippen LogP contribution in [0.15, 0.2) is 24.5 Å². The van der Waals surface area contributed by atoms with Gasteiger partial charge in [-0.3, -0.25) is 4.79 Å². The number of nitrogens with zero attached hydrogens (tertiary/aromatic N) is 3. The number of carbonyl (C=O) groups is 1. The van der Waals surface area contributed by atoms with E-state index in [2.05, 4.69) is 15.5 Å². The highest BCUT2D eigenvalue weighted by Crippen LogP contribution is 2.29. The van der Waals surface area contributed by atoms with E-state index in [1.54, 1.807) is 37.0 Å². The number of aryl methyl sites for hydroxylation is 1. The second-order valence-electron chi connectivity index (χ2n) is 4.35. The van der Waals surface area contributed by atoms with Crippen molar-refractivity contribution in [1.82, 2.24) is 20.1 Å². The van der Waals surface area contributed by atoms with Gasteiger partial charge in [-0.15, -0.1) is 10.2 Å². The van der Waals surface area contributed by atoms with Crippen LogP contribution in [0, 0.1) is 0 Å². The summed E-state index contributed by atoms with van der Waals surface area (Å²) in [4.78, 5) is 12.2. The van der Waals surface area contributed by atoms with Gasteiger partial charge < -0.3 is 19.7 Å². The number of phenols is 1. The third-order valence-electron chi connectivity index (χ3n) is 2.94. The molecule has 2 N–H and O–H groups in total. The third kappa shape index (κ3) is 2.56. The summed E-state index contributed by atoms with van der Waals surface area (Å²) >= 11 is 0. The molecule has 0 spiro atoms. The van der Waals surface area contributed by atoms with Crippen molar-refractivity contribution >= 4 is 5.91 Å². The van der Waals surface area contributed by atoms with Gasteiger partial charge in [-0.1, -0.05) is 6.07 Å². The molecule has 1 aromatic carbocycles. The van der Waals surface area contributed by atoms with Crippen molar-refractivity contribution in [1.29, 1.82) is 0 Å². The summed E-state index contributed by atoms with van der Waals surface area (Å²) in [7, 11) is 3.22. The largest absolute Gasteiger partial charge is 0.504 e. The smallest absolute Gasteiger partial charge is 0.255 e. The molecule has 1 aromatic heterocycles. The van der Waals surface area contributed by atoms with E-state index in [4.69, 9.17) is 4.74 Å². The van der Waals surface area contributed by atoms with Crippen LogP contribution in [0.25, 0.3) is 0 Å². The molecule has 0 fully saturated rings. The molecule has 1 unspecified atom stereocenters. The number of aromatic hydroxyl groups is 1. The predicted octanol–water partition coefficient (Wildman–Crippen LogP) is 1.02. The summed E-state index contributed by atoms with van der Waals surface area (Å²) in [6, 6.07) is 4.41. The number of phenolic OH excluding ortho intramolecular Hbond substituents is 1. The van der Waals surface area contributed by atoms with Crippen LogP contribution in [0.1, 0.15) is 29.1 Å². The van der Waals surface area contributed by atoms with Gasteiger partial charge in [0.15, 0.2) is 17.3 Å². The molecule has 1 heterocycles. The van der Waals surface area contributed by atoms with E-state index in [9.17, 15) is 9.90 Å². The number of amides is 1. The lowest BCUT2D eigenvalue weighted by atomic mass is 10.1. The number of hydrogen-bond donors (Lipinski definition) is 2. The zero-order valence-electron chi connectivity index (χ0n) is 11.5. The summed E-state index contributed by atoms with van der Waals surface area (Å²) in [5.41, 5.74) is 0.151. The van der Waals surface area contributed by atoms with Crippen molar-refractivity contribution in [3.63, 3.8) is 0 Å². The molecule has 0 radical (unpaired) electrons. The minimum Gasteiger partial charge on any atom is -0.504 e. The highest BCUT2D eigenvalue weighted by atomic mass is 16.5. The van der Waals surface area contributed by atoms with Crippen molar-refractivity contribution in [2.24, 2.45) is 7.05 Å². The lowest BCUT2D eigenvalue weighted by Crippen LogP contribution is -2.28. The number of hydrogen-bond acceptors (Lipinski definition) is 5. The number of carbonyl (C=O) groups excluding carboxylic acids is 1. The molecular formula is C13H16N4O3. The number of nitrogens with one attached hydrogen (secondary N) is 1. The maximum atomic E-state index is 12.2. The molecule has 106 valence electrons. The third-order valence-corrected chi connectivity index (χ3v) is 2.94. The van der Waals surface area contributed by atoms with Crippen LogP contribution in [-0.2, 0) is 7.05 Å². The molecule has 0 aliphatic rings. The van der Waals surface area contributed by atoms with Gasteiger partial charge in [0.2, 0.25) is 0 Å². The van der Waals surface area contributed by atoms with E-state index in [-0.39, 0.29) is 23.1 Å². The van der Waals surface area contributed by atoms with Crippen LogP contribution < -0.4 is 10.1 Å². The molecule has 7 nitrogen and oxygen atoms in total.